The largest absolute Gasteiger partial charge is 0.390 e. The third kappa shape index (κ3) is 7.09. The van der Waals surface area contributed by atoms with Crippen molar-refractivity contribution in [2.45, 2.75) is 57.2 Å². The molecule has 1 saturated heterocycles. The molecule has 1 aliphatic heterocycles. The Labute approximate surface area is 243 Å². The second kappa shape index (κ2) is 13.1. The molecule has 0 spiro atoms. The van der Waals surface area contributed by atoms with E-state index in [2.05, 4.69) is 34.1 Å². The Morgan fingerprint density at radius 1 is 1.05 bits per heavy atom. The van der Waals surface area contributed by atoms with Gasteiger partial charge in [0.25, 0.3) is 5.91 Å². The van der Waals surface area contributed by atoms with E-state index in [0.29, 0.717) is 49.4 Å². The first-order chi connectivity index (χ1) is 19.8. The van der Waals surface area contributed by atoms with Crippen LogP contribution in [-0.4, -0.2) is 57.0 Å². The van der Waals surface area contributed by atoms with Crippen LogP contribution in [0.4, 0.5) is 11.4 Å². The molecule has 0 radical (unpaired) electrons. The highest BCUT2D eigenvalue weighted by atomic mass is 32.2. The molecule has 0 saturated carbocycles. The van der Waals surface area contributed by atoms with E-state index in [-0.39, 0.29) is 17.7 Å². The molecule has 8 nitrogen and oxygen atoms in total. The number of sulfonamides is 1. The first kappa shape index (κ1) is 29.1. The SMILES string of the molecule is CCNc1cc(C(=O)N[C@@H](Cc2ccccc2)[C@H](O)CN[C@H]2CCc3ccccc32)cc(N2CCCCS2(=O)=O)c1. The van der Waals surface area contributed by atoms with E-state index in [1.807, 2.05) is 43.3 Å². The molecule has 218 valence electrons. The predicted octanol–water partition coefficient (Wildman–Crippen LogP) is 4.03. The number of carbonyl (C=O) groups is 1. The van der Waals surface area contributed by atoms with Crippen molar-refractivity contribution in [3.63, 3.8) is 0 Å². The first-order valence-electron chi connectivity index (χ1n) is 14.6. The van der Waals surface area contributed by atoms with Gasteiger partial charge in [-0.2, -0.15) is 0 Å². The number of aliphatic hydroxyl groups is 1. The molecular formula is C32H40N4O4S. The summed E-state index contributed by atoms with van der Waals surface area (Å²) in [6.45, 7) is 3.30. The van der Waals surface area contributed by atoms with Crippen molar-refractivity contribution in [3.8, 4) is 0 Å². The zero-order valence-corrected chi connectivity index (χ0v) is 24.4. The topological polar surface area (TPSA) is 111 Å². The smallest absolute Gasteiger partial charge is 0.251 e. The first-order valence-corrected chi connectivity index (χ1v) is 16.2. The van der Waals surface area contributed by atoms with Crippen LogP contribution in [0.15, 0.2) is 72.8 Å². The molecule has 1 amide bonds. The van der Waals surface area contributed by atoms with Crippen LogP contribution in [0.3, 0.4) is 0 Å². The Kier molecular flexibility index (Phi) is 9.27. The highest BCUT2D eigenvalue weighted by Crippen LogP contribution is 2.31. The number of rotatable bonds is 11. The van der Waals surface area contributed by atoms with Gasteiger partial charge in [-0.15, -0.1) is 0 Å². The summed E-state index contributed by atoms with van der Waals surface area (Å²) in [6, 6.07) is 22.9. The van der Waals surface area contributed by atoms with Crippen LogP contribution in [0, 0.1) is 0 Å². The average molecular weight is 577 g/mol. The second-order valence-electron chi connectivity index (χ2n) is 10.9. The van der Waals surface area contributed by atoms with Gasteiger partial charge in [-0.05, 0) is 73.9 Å². The summed E-state index contributed by atoms with van der Waals surface area (Å²) in [5.74, 6) is -0.254. The normalized spacial score (nSPS) is 19.3. The Balaban J connectivity index is 1.36. The van der Waals surface area contributed by atoms with E-state index < -0.39 is 22.2 Å². The number of hydrogen-bond donors (Lipinski definition) is 4. The molecule has 3 atom stereocenters. The number of nitrogens with one attached hydrogen (secondary N) is 3. The lowest BCUT2D eigenvalue weighted by Crippen LogP contribution is -2.49. The van der Waals surface area contributed by atoms with E-state index in [1.54, 1.807) is 18.2 Å². The third-order valence-electron chi connectivity index (χ3n) is 7.98. The number of hydrogen-bond acceptors (Lipinski definition) is 6. The van der Waals surface area contributed by atoms with Crippen molar-refractivity contribution in [1.29, 1.82) is 0 Å². The van der Waals surface area contributed by atoms with Crippen molar-refractivity contribution >= 4 is 27.3 Å². The van der Waals surface area contributed by atoms with Crippen molar-refractivity contribution in [3.05, 3.63) is 95.1 Å². The van der Waals surface area contributed by atoms with Crippen LogP contribution in [0.1, 0.15) is 59.3 Å². The van der Waals surface area contributed by atoms with E-state index in [9.17, 15) is 18.3 Å². The van der Waals surface area contributed by atoms with Crippen molar-refractivity contribution in [2.75, 3.05) is 35.0 Å². The molecular weight excluding hydrogens is 536 g/mol. The minimum atomic E-state index is -3.44. The summed E-state index contributed by atoms with van der Waals surface area (Å²) < 4.78 is 27.1. The maximum Gasteiger partial charge on any atom is 0.251 e. The van der Waals surface area contributed by atoms with Gasteiger partial charge in [-0.3, -0.25) is 9.10 Å². The number of benzene rings is 3. The Morgan fingerprint density at radius 2 is 1.83 bits per heavy atom. The number of fused-ring (bicyclic) bond motifs is 1. The van der Waals surface area contributed by atoms with Crippen molar-refractivity contribution < 1.29 is 18.3 Å². The molecule has 3 aromatic rings. The fraction of sp³-hybridized carbons (Fsp3) is 0.406. The molecule has 1 fully saturated rings. The summed E-state index contributed by atoms with van der Waals surface area (Å²) in [4.78, 5) is 13.7. The standard InChI is InChI=1S/C32H40N4O4S/c1-2-33-26-19-25(20-27(21-26)36-16-8-9-17-41(36,39)40)32(38)35-30(18-23-10-4-3-5-11-23)31(37)22-34-29-15-14-24-12-6-7-13-28(24)29/h3-7,10-13,19-21,29-31,33-34,37H,2,8-9,14-18,22H2,1H3,(H,35,38)/t29-,30-,31+/m0/s1. The number of carbonyl (C=O) groups excluding carboxylic acids is 1. The number of aliphatic hydroxyl groups excluding tert-OH is 1. The van der Waals surface area contributed by atoms with Crippen LogP contribution in [0.2, 0.25) is 0 Å². The fourth-order valence-electron chi connectivity index (χ4n) is 5.85. The van der Waals surface area contributed by atoms with Gasteiger partial charge in [0.15, 0.2) is 0 Å². The lowest BCUT2D eigenvalue weighted by atomic mass is 9.99. The zero-order chi connectivity index (χ0) is 28.8. The van der Waals surface area contributed by atoms with Gasteiger partial charge in [0, 0.05) is 36.9 Å². The summed E-state index contributed by atoms with van der Waals surface area (Å²) in [5.41, 5.74) is 5.11. The molecule has 0 bridgehead atoms. The molecule has 2 aliphatic rings. The number of anilines is 2. The van der Waals surface area contributed by atoms with Crippen molar-refractivity contribution in [2.24, 2.45) is 0 Å². The number of nitrogens with zero attached hydrogens (tertiary/aromatic N) is 1. The lowest BCUT2D eigenvalue weighted by Gasteiger charge is -2.29. The molecule has 4 N–H and O–H groups in total. The van der Waals surface area contributed by atoms with Gasteiger partial charge < -0.3 is 21.1 Å². The molecule has 5 rings (SSSR count). The van der Waals surface area contributed by atoms with Crippen LogP contribution >= 0.6 is 0 Å². The van der Waals surface area contributed by atoms with Gasteiger partial charge in [-0.1, -0.05) is 54.6 Å². The van der Waals surface area contributed by atoms with Crippen molar-refractivity contribution in [1.82, 2.24) is 10.6 Å². The lowest BCUT2D eigenvalue weighted by molar-refractivity contribution is 0.0824. The van der Waals surface area contributed by atoms with E-state index in [0.717, 1.165) is 24.8 Å². The van der Waals surface area contributed by atoms with Gasteiger partial charge in [0.1, 0.15) is 0 Å². The molecule has 0 aromatic heterocycles. The van der Waals surface area contributed by atoms with Crippen LogP contribution in [0.25, 0.3) is 0 Å². The summed E-state index contributed by atoms with van der Waals surface area (Å²) in [7, 11) is -3.44. The number of amides is 1. The third-order valence-corrected chi connectivity index (χ3v) is 9.85. The monoisotopic (exact) mass is 576 g/mol. The Hall–Kier alpha value is -3.40. The van der Waals surface area contributed by atoms with E-state index >= 15 is 0 Å². The molecule has 3 aromatic carbocycles. The summed E-state index contributed by atoms with van der Waals surface area (Å²) in [6.07, 6.45) is 3.00. The van der Waals surface area contributed by atoms with Crippen LogP contribution in [-0.2, 0) is 22.9 Å². The predicted molar refractivity (Wildman–Crippen MR) is 164 cm³/mol. The zero-order valence-electron chi connectivity index (χ0n) is 23.6. The van der Waals surface area contributed by atoms with Gasteiger partial charge in [-0.25, -0.2) is 8.42 Å². The summed E-state index contributed by atoms with van der Waals surface area (Å²) in [5, 5.41) is 21.2. The molecule has 1 heterocycles. The maximum absolute atomic E-state index is 13.7. The van der Waals surface area contributed by atoms with Gasteiger partial charge in [0.05, 0.1) is 23.6 Å². The fourth-order valence-corrected chi connectivity index (χ4v) is 7.47. The quantitative estimate of drug-likeness (QED) is 0.274. The Bertz CT molecular complexity index is 1450. The second-order valence-corrected chi connectivity index (χ2v) is 12.9. The van der Waals surface area contributed by atoms with E-state index in [4.69, 9.17) is 0 Å². The maximum atomic E-state index is 13.7. The molecule has 9 heteroatoms. The van der Waals surface area contributed by atoms with Crippen LogP contribution in [0.5, 0.6) is 0 Å². The van der Waals surface area contributed by atoms with Gasteiger partial charge in [0.2, 0.25) is 10.0 Å². The summed E-state index contributed by atoms with van der Waals surface area (Å²) >= 11 is 0. The minimum absolute atomic E-state index is 0.101. The Morgan fingerprint density at radius 3 is 2.61 bits per heavy atom. The average Bonchev–Trinajstić information content (AvgIpc) is 3.39. The van der Waals surface area contributed by atoms with E-state index in [1.165, 1.54) is 15.4 Å². The van der Waals surface area contributed by atoms with Crippen LogP contribution < -0.4 is 20.3 Å². The van der Waals surface area contributed by atoms with Gasteiger partial charge >= 0.3 is 0 Å². The highest BCUT2D eigenvalue weighted by Gasteiger charge is 2.29. The minimum Gasteiger partial charge on any atom is -0.390 e. The molecule has 41 heavy (non-hydrogen) atoms. The molecule has 0 unspecified atom stereocenters. The highest BCUT2D eigenvalue weighted by molar-refractivity contribution is 7.92. The molecule has 1 aliphatic carbocycles. The number of aryl methyl sites for hydroxylation is 1.